The van der Waals surface area contributed by atoms with E-state index < -0.39 is 0 Å². The molecule has 0 aliphatic carbocycles. The summed E-state index contributed by atoms with van der Waals surface area (Å²) in [5, 5.41) is 0.893. The summed E-state index contributed by atoms with van der Waals surface area (Å²) in [5.41, 5.74) is 3.51. The van der Waals surface area contributed by atoms with Crippen molar-refractivity contribution in [3.63, 3.8) is 0 Å². The normalized spacial score (nSPS) is 11.0. The molecule has 3 aromatic rings. The molecule has 122 valence electrons. The Hall–Kier alpha value is -2.75. The van der Waals surface area contributed by atoms with Gasteiger partial charge in [-0.25, -0.2) is 0 Å². The van der Waals surface area contributed by atoms with Gasteiger partial charge in [-0.3, -0.25) is 14.8 Å². The lowest BCUT2D eigenvalue weighted by Crippen LogP contribution is -2.26. The molecule has 2 aromatic heterocycles. The van der Waals surface area contributed by atoms with Crippen LogP contribution in [0.3, 0.4) is 0 Å². The molecule has 0 aliphatic rings. The van der Waals surface area contributed by atoms with Crippen molar-refractivity contribution in [2.24, 2.45) is 0 Å². The highest BCUT2D eigenvalue weighted by Crippen LogP contribution is 2.23. The molecule has 1 amide bonds. The number of nitrogens with zero attached hydrogens (tertiary/aromatic N) is 3. The molecular weight excluding hydrogens is 298 g/mol. The average Bonchev–Trinajstić information content (AvgIpc) is 2.60. The zero-order valence-corrected chi connectivity index (χ0v) is 14.2. The van der Waals surface area contributed by atoms with Gasteiger partial charge in [0.2, 0.25) is 0 Å². The smallest absolute Gasteiger partial charge is 0.254 e. The Bertz CT molecular complexity index is 859. The van der Waals surface area contributed by atoms with Crippen LogP contribution in [-0.4, -0.2) is 27.8 Å². The first-order valence-corrected chi connectivity index (χ1v) is 8.10. The van der Waals surface area contributed by atoms with Crippen LogP contribution in [0.2, 0.25) is 0 Å². The van der Waals surface area contributed by atoms with Gasteiger partial charge in [-0.2, -0.15) is 0 Å². The zero-order chi connectivity index (χ0) is 17.1. The summed E-state index contributed by atoms with van der Waals surface area (Å²) in [6, 6.07) is 13.6. The Morgan fingerprint density at radius 1 is 1.17 bits per heavy atom. The monoisotopic (exact) mass is 319 g/mol. The molecule has 0 aliphatic heterocycles. The second-order valence-corrected chi connectivity index (χ2v) is 6.29. The Kier molecular flexibility index (Phi) is 4.56. The topological polar surface area (TPSA) is 46.1 Å². The average molecular weight is 319 g/mol. The maximum atomic E-state index is 13.0. The van der Waals surface area contributed by atoms with Crippen LogP contribution in [0.15, 0.2) is 54.9 Å². The van der Waals surface area contributed by atoms with E-state index in [0.29, 0.717) is 12.1 Å². The van der Waals surface area contributed by atoms with E-state index in [1.54, 1.807) is 17.3 Å². The van der Waals surface area contributed by atoms with E-state index in [-0.39, 0.29) is 11.8 Å². The summed E-state index contributed by atoms with van der Waals surface area (Å²) in [6.45, 7) is 4.70. The first-order chi connectivity index (χ1) is 11.6. The number of pyridine rings is 2. The first kappa shape index (κ1) is 16.1. The summed E-state index contributed by atoms with van der Waals surface area (Å²) >= 11 is 0. The second-order valence-electron chi connectivity index (χ2n) is 6.29. The van der Waals surface area contributed by atoms with Crippen molar-refractivity contribution in [1.29, 1.82) is 0 Å². The van der Waals surface area contributed by atoms with Gasteiger partial charge in [0.15, 0.2) is 0 Å². The van der Waals surface area contributed by atoms with Crippen LogP contribution >= 0.6 is 0 Å². The van der Waals surface area contributed by atoms with Gasteiger partial charge >= 0.3 is 0 Å². The molecule has 0 atom stereocenters. The maximum absolute atomic E-state index is 13.0. The van der Waals surface area contributed by atoms with E-state index >= 15 is 0 Å². The first-order valence-electron chi connectivity index (χ1n) is 8.10. The largest absolute Gasteiger partial charge is 0.337 e. The molecule has 0 bridgehead atoms. The van der Waals surface area contributed by atoms with Gasteiger partial charge in [0.25, 0.3) is 5.91 Å². The third-order valence-corrected chi connectivity index (χ3v) is 4.05. The minimum absolute atomic E-state index is 0.000599. The van der Waals surface area contributed by atoms with Crippen LogP contribution in [0, 0.1) is 0 Å². The number of fused-ring (bicyclic) bond motifs is 1. The van der Waals surface area contributed by atoms with Crippen molar-refractivity contribution in [2.75, 3.05) is 7.05 Å². The lowest BCUT2D eigenvalue weighted by atomic mass is 10.0. The van der Waals surface area contributed by atoms with E-state index in [0.717, 1.165) is 22.2 Å². The van der Waals surface area contributed by atoms with Crippen LogP contribution in [0.1, 0.15) is 41.4 Å². The number of hydrogen-bond acceptors (Lipinski definition) is 3. The number of benzene rings is 1. The van der Waals surface area contributed by atoms with E-state index in [4.69, 9.17) is 0 Å². The van der Waals surface area contributed by atoms with Crippen LogP contribution < -0.4 is 0 Å². The number of amides is 1. The fraction of sp³-hybridized carbons (Fsp3) is 0.250. The van der Waals surface area contributed by atoms with E-state index in [2.05, 4.69) is 23.8 Å². The molecule has 24 heavy (non-hydrogen) atoms. The molecule has 2 heterocycles. The maximum Gasteiger partial charge on any atom is 0.254 e. The van der Waals surface area contributed by atoms with Crippen molar-refractivity contribution in [2.45, 2.75) is 26.3 Å². The Morgan fingerprint density at radius 2 is 1.96 bits per heavy atom. The van der Waals surface area contributed by atoms with Crippen molar-refractivity contribution in [3.8, 4) is 0 Å². The standard InChI is InChI=1S/C20H21N3O/c1-14(2)19-11-17(16-8-4-5-9-18(16)22-19)20(24)23(3)13-15-7-6-10-21-12-15/h4-12,14H,13H2,1-3H3. The highest BCUT2D eigenvalue weighted by Gasteiger charge is 2.18. The van der Waals surface area contributed by atoms with Gasteiger partial charge in [-0.05, 0) is 29.7 Å². The minimum Gasteiger partial charge on any atom is -0.337 e. The number of carbonyl (C=O) groups excluding carboxylic acids is 1. The highest BCUT2D eigenvalue weighted by atomic mass is 16.2. The highest BCUT2D eigenvalue weighted by molar-refractivity contribution is 6.06. The predicted molar refractivity (Wildman–Crippen MR) is 95.9 cm³/mol. The van der Waals surface area contributed by atoms with E-state index in [9.17, 15) is 4.79 Å². The molecule has 4 heteroatoms. The molecule has 1 aromatic carbocycles. The van der Waals surface area contributed by atoms with E-state index in [1.807, 2.05) is 49.5 Å². The molecule has 3 rings (SSSR count). The van der Waals surface area contributed by atoms with Crippen LogP contribution in [0.25, 0.3) is 10.9 Å². The molecule has 0 unspecified atom stereocenters. The number of aromatic nitrogens is 2. The summed E-state index contributed by atoms with van der Waals surface area (Å²) in [5.74, 6) is 0.268. The van der Waals surface area contributed by atoms with E-state index in [1.165, 1.54) is 0 Å². The van der Waals surface area contributed by atoms with Gasteiger partial charge in [0, 0.05) is 37.1 Å². The van der Waals surface area contributed by atoms with Crippen molar-refractivity contribution < 1.29 is 4.79 Å². The number of hydrogen-bond donors (Lipinski definition) is 0. The summed E-state index contributed by atoms with van der Waals surface area (Å²) < 4.78 is 0. The lowest BCUT2D eigenvalue weighted by molar-refractivity contribution is 0.0786. The lowest BCUT2D eigenvalue weighted by Gasteiger charge is -2.19. The molecule has 0 saturated carbocycles. The van der Waals surface area contributed by atoms with Gasteiger partial charge < -0.3 is 4.90 Å². The van der Waals surface area contributed by atoms with Crippen LogP contribution in [0.4, 0.5) is 0 Å². The van der Waals surface area contributed by atoms with Crippen LogP contribution in [0.5, 0.6) is 0 Å². The zero-order valence-electron chi connectivity index (χ0n) is 14.2. The molecule has 0 N–H and O–H groups in total. The van der Waals surface area contributed by atoms with Crippen LogP contribution in [-0.2, 0) is 6.54 Å². The van der Waals surface area contributed by atoms with Crippen molar-refractivity contribution >= 4 is 16.8 Å². The second kappa shape index (κ2) is 6.79. The number of carbonyl (C=O) groups is 1. The SMILES string of the molecule is CC(C)c1cc(C(=O)N(C)Cc2cccnc2)c2ccccc2n1. The number of rotatable bonds is 4. The third kappa shape index (κ3) is 3.27. The molecule has 0 radical (unpaired) electrons. The van der Waals surface area contributed by atoms with Crippen molar-refractivity contribution in [1.82, 2.24) is 14.9 Å². The fourth-order valence-corrected chi connectivity index (χ4v) is 2.71. The third-order valence-electron chi connectivity index (χ3n) is 4.05. The minimum atomic E-state index is -0.000599. The molecular formula is C20H21N3O. The predicted octanol–water partition coefficient (Wildman–Crippen LogP) is 4.03. The Balaban J connectivity index is 1.99. The number of para-hydroxylation sites is 1. The molecule has 0 saturated heterocycles. The Morgan fingerprint density at radius 3 is 2.67 bits per heavy atom. The fourth-order valence-electron chi connectivity index (χ4n) is 2.71. The van der Waals surface area contributed by atoms with Gasteiger partial charge in [0.05, 0.1) is 11.1 Å². The Labute approximate surface area is 142 Å². The van der Waals surface area contributed by atoms with Gasteiger partial charge in [-0.15, -0.1) is 0 Å². The summed E-state index contributed by atoms with van der Waals surface area (Å²) in [6.07, 6.45) is 3.52. The van der Waals surface area contributed by atoms with Gasteiger partial charge in [-0.1, -0.05) is 38.1 Å². The van der Waals surface area contributed by atoms with Gasteiger partial charge in [0.1, 0.15) is 0 Å². The molecule has 0 fully saturated rings. The van der Waals surface area contributed by atoms with Crippen molar-refractivity contribution in [3.05, 3.63) is 71.7 Å². The summed E-state index contributed by atoms with van der Waals surface area (Å²) in [7, 11) is 1.82. The molecule has 4 nitrogen and oxygen atoms in total. The molecule has 0 spiro atoms. The summed E-state index contributed by atoms with van der Waals surface area (Å²) in [4.78, 5) is 23.5. The quantitative estimate of drug-likeness (QED) is 0.729.